The van der Waals surface area contributed by atoms with Gasteiger partial charge in [-0.1, -0.05) is 11.6 Å². The fourth-order valence-electron chi connectivity index (χ4n) is 3.88. The molecule has 1 heterocycles. The quantitative estimate of drug-likeness (QED) is 0.315. The Bertz CT molecular complexity index is 1470. The van der Waals surface area contributed by atoms with Crippen LogP contribution in [0.5, 0.6) is 0 Å². The minimum absolute atomic E-state index is 0.0206. The lowest BCUT2D eigenvalue weighted by molar-refractivity contribution is -0.137. The Morgan fingerprint density at radius 2 is 1.72 bits per heavy atom. The van der Waals surface area contributed by atoms with Gasteiger partial charge in [-0.3, -0.25) is 9.59 Å². The van der Waals surface area contributed by atoms with Gasteiger partial charge >= 0.3 is 6.18 Å². The van der Waals surface area contributed by atoms with E-state index in [-0.39, 0.29) is 38.8 Å². The zero-order chi connectivity index (χ0) is 26.6. The third-order valence-electron chi connectivity index (χ3n) is 5.60. The predicted molar refractivity (Wildman–Crippen MR) is 126 cm³/mol. The van der Waals surface area contributed by atoms with Crippen LogP contribution in [0.3, 0.4) is 0 Å². The van der Waals surface area contributed by atoms with Gasteiger partial charge < -0.3 is 15.2 Å². The van der Waals surface area contributed by atoms with Crippen LogP contribution in [0.25, 0.3) is 0 Å². The normalized spacial score (nSPS) is 15.4. The second-order valence-electron chi connectivity index (χ2n) is 8.56. The maximum absolute atomic E-state index is 14.0. The van der Waals surface area contributed by atoms with Gasteiger partial charge in [0.25, 0.3) is 11.8 Å². The highest BCUT2D eigenvalue weighted by atomic mass is 35.5. The number of amides is 2. The van der Waals surface area contributed by atoms with E-state index < -0.39 is 53.9 Å². The van der Waals surface area contributed by atoms with Crippen molar-refractivity contribution in [1.29, 1.82) is 0 Å². The number of halogens is 6. The molecule has 0 bridgehead atoms. The second kappa shape index (κ2) is 9.01. The Kier molecular flexibility index (Phi) is 6.47. The molecule has 188 valence electrons. The lowest BCUT2D eigenvalue weighted by atomic mass is 9.96. The molecule has 0 saturated carbocycles. The number of carbonyl (C=O) groups excluding carboxylic acids is 2. The fourth-order valence-corrected chi connectivity index (χ4v) is 4.99. The zero-order valence-electron chi connectivity index (χ0n) is 18.6. The third-order valence-corrected chi connectivity index (χ3v) is 7.45. The van der Waals surface area contributed by atoms with Gasteiger partial charge in [0.15, 0.2) is 0 Å². The summed E-state index contributed by atoms with van der Waals surface area (Å²) in [7, 11) is -2.99. The molecule has 2 amide bonds. The first kappa shape index (κ1) is 25.9. The molecule has 1 aliphatic rings. The van der Waals surface area contributed by atoms with Crippen molar-refractivity contribution in [2.75, 3.05) is 18.6 Å². The van der Waals surface area contributed by atoms with Crippen LogP contribution in [0.4, 0.5) is 27.6 Å². The molecule has 0 fully saturated rings. The minimum atomic E-state index is -4.90. The second-order valence-corrected chi connectivity index (χ2v) is 12.2. The van der Waals surface area contributed by atoms with Gasteiger partial charge in [-0.25, -0.2) is 8.78 Å². The number of rotatable bonds is 4. The highest BCUT2D eigenvalue weighted by Crippen LogP contribution is 2.43. The van der Waals surface area contributed by atoms with Gasteiger partial charge in [-0.2, -0.15) is 13.2 Å². The van der Waals surface area contributed by atoms with Gasteiger partial charge in [0.2, 0.25) is 0 Å². The van der Waals surface area contributed by atoms with Gasteiger partial charge in [-0.15, -0.1) is 0 Å². The lowest BCUT2D eigenvalue weighted by Crippen LogP contribution is -2.21. The van der Waals surface area contributed by atoms with E-state index in [1.54, 1.807) is 0 Å². The van der Waals surface area contributed by atoms with E-state index >= 15 is 0 Å². The molecule has 36 heavy (non-hydrogen) atoms. The number of nitrogens with one attached hydrogen (secondary N) is 2. The van der Waals surface area contributed by atoms with Crippen LogP contribution in [-0.4, -0.2) is 25.1 Å². The highest BCUT2D eigenvalue weighted by molar-refractivity contribution is 7.70. The molecular formula is C24H17ClF5N2O3P. The molecule has 12 heteroatoms. The van der Waals surface area contributed by atoms with E-state index in [0.717, 1.165) is 12.1 Å². The zero-order valence-corrected chi connectivity index (χ0v) is 20.3. The summed E-state index contributed by atoms with van der Waals surface area (Å²) in [6.07, 6.45) is -4.90. The van der Waals surface area contributed by atoms with Crippen LogP contribution in [0.15, 0.2) is 48.5 Å². The number of fused-ring (bicyclic) bond motifs is 1. The molecule has 1 aliphatic heterocycles. The van der Waals surface area contributed by atoms with Crippen LogP contribution in [0.1, 0.15) is 43.4 Å². The van der Waals surface area contributed by atoms with Crippen LogP contribution < -0.4 is 15.9 Å². The molecule has 0 aromatic heterocycles. The van der Waals surface area contributed by atoms with Crippen molar-refractivity contribution in [3.05, 3.63) is 93.0 Å². The molecule has 1 unspecified atom stereocenters. The average molecular weight is 543 g/mol. The first-order valence-electron chi connectivity index (χ1n) is 10.3. The number of hydrogen-bond donors (Lipinski definition) is 2. The predicted octanol–water partition coefficient (Wildman–Crippen LogP) is 5.97. The standard InChI is InChI=1S/C24H17ClF5N2O3P/c1-36(2,35)15-9-17-20(21(32-23(17)34)16-8-13(26)3-4-18(16)25)19(10-15)31-22(33)11-5-12(24(28,29)30)7-14(27)6-11/h3-10,21H,1-2H3,(H,31,33)(H,32,34). The van der Waals surface area contributed by atoms with Crippen molar-refractivity contribution in [3.63, 3.8) is 0 Å². The number of alkyl halides is 3. The number of anilines is 1. The molecule has 3 aromatic rings. The van der Waals surface area contributed by atoms with Gasteiger partial charge in [0, 0.05) is 38.3 Å². The van der Waals surface area contributed by atoms with E-state index in [1.807, 2.05) is 0 Å². The van der Waals surface area contributed by atoms with Crippen LogP contribution in [0, 0.1) is 11.6 Å². The Morgan fingerprint density at radius 1 is 1.03 bits per heavy atom. The first-order valence-corrected chi connectivity index (χ1v) is 13.3. The van der Waals surface area contributed by atoms with Crippen molar-refractivity contribution in [3.8, 4) is 0 Å². The fraction of sp³-hybridized carbons (Fsp3) is 0.167. The maximum Gasteiger partial charge on any atom is 0.416 e. The third kappa shape index (κ3) is 5.01. The van der Waals surface area contributed by atoms with Gasteiger partial charge in [0.1, 0.15) is 18.8 Å². The van der Waals surface area contributed by atoms with E-state index in [1.165, 1.54) is 31.5 Å². The van der Waals surface area contributed by atoms with Gasteiger partial charge in [0.05, 0.1) is 11.6 Å². The van der Waals surface area contributed by atoms with Gasteiger partial charge in [-0.05, 0) is 61.9 Å². The summed E-state index contributed by atoms with van der Waals surface area (Å²) in [4.78, 5) is 25.8. The molecule has 1 atom stereocenters. The van der Waals surface area contributed by atoms with Crippen LogP contribution >= 0.6 is 18.7 Å². The van der Waals surface area contributed by atoms with E-state index in [2.05, 4.69) is 10.6 Å². The van der Waals surface area contributed by atoms with Crippen molar-refractivity contribution in [2.24, 2.45) is 0 Å². The Morgan fingerprint density at radius 3 is 2.36 bits per heavy atom. The smallest absolute Gasteiger partial charge is 0.341 e. The number of hydrogen-bond acceptors (Lipinski definition) is 3. The Hall–Kier alpha value is -3.23. The summed E-state index contributed by atoms with van der Waals surface area (Å²) >= 11 is 6.23. The monoisotopic (exact) mass is 542 g/mol. The number of carbonyl (C=O) groups is 2. The van der Waals surface area contributed by atoms with Crippen LogP contribution in [-0.2, 0) is 10.7 Å². The largest absolute Gasteiger partial charge is 0.416 e. The summed E-state index contributed by atoms with van der Waals surface area (Å²) in [6, 6.07) is 6.51. The molecule has 0 aliphatic carbocycles. The van der Waals surface area contributed by atoms with E-state index in [0.29, 0.717) is 12.1 Å². The summed E-state index contributed by atoms with van der Waals surface area (Å²) in [6.45, 7) is 2.85. The van der Waals surface area contributed by atoms with Crippen LogP contribution in [0.2, 0.25) is 5.02 Å². The molecule has 5 nitrogen and oxygen atoms in total. The Labute approximate surface area is 207 Å². The molecule has 4 rings (SSSR count). The van der Waals surface area contributed by atoms with E-state index in [4.69, 9.17) is 11.6 Å². The SMILES string of the molecule is CP(C)(=O)c1cc(NC(=O)c2cc(F)cc(C(F)(F)F)c2)c2c(c1)C(=O)NC2c1cc(F)ccc1Cl. The van der Waals surface area contributed by atoms with Crippen molar-refractivity contribution >= 4 is 41.5 Å². The molecular weight excluding hydrogens is 526 g/mol. The maximum atomic E-state index is 14.0. The van der Waals surface area contributed by atoms with Crippen molar-refractivity contribution < 1.29 is 36.1 Å². The molecule has 2 N–H and O–H groups in total. The molecule has 3 aromatic carbocycles. The molecule has 0 spiro atoms. The number of benzene rings is 3. The minimum Gasteiger partial charge on any atom is -0.341 e. The summed E-state index contributed by atoms with van der Waals surface area (Å²) in [5.74, 6) is -3.65. The highest BCUT2D eigenvalue weighted by Gasteiger charge is 2.36. The lowest BCUT2D eigenvalue weighted by Gasteiger charge is -2.20. The summed E-state index contributed by atoms with van der Waals surface area (Å²) < 4.78 is 80.1. The topological polar surface area (TPSA) is 75.3 Å². The summed E-state index contributed by atoms with van der Waals surface area (Å²) in [5, 5.41) is 5.35. The van der Waals surface area contributed by atoms with E-state index in [9.17, 15) is 36.1 Å². The van der Waals surface area contributed by atoms with Crippen molar-refractivity contribution in [1.82, 2.24) is 5.32 Å². The van der Waals surface area contributed by atoms with Crippen molar-refractivity contribution in [2.45, 2.75) is 12.2 Å². The summed E-state index contributed by atoms with van der Waals surface area (Å²) in [5.41, 5.74) is -1.74. The Balaban J connectivity index is 1.87. The first-order chi connectivity index (χ1) is 16.6. The molecule has 0 radical (unpaired) electrons. The average Bonchev–Trinajstić information content (AvgIpc) is 3.10. The molecule has 0 saturated heterocycles.